The minimum Gasteiger partial charge on any atom is -0.465 e. The summed E-state index contributed by atoms with van der Waals surface area (Å²) in [4.78, 5) is 49.8. The number of rotatable bonds is 5. The Bertz CT molecular complexity index is 1060. The fourth-order valence-electron chi connectivity index (χ4n) is 2.91. The molecule has 1 aliphatic heterocycles. The molecule has 2 aromatic carbocycles. The maximum atomic E-state index is 12.6. The van der Waals surface area contributed by atoms with E-state index in [0.717, 1.165) is 27.8 Å². The normalized spacial score (nSPS) is 14.9. The number of anilines is 1. The fourth-order valence-corrected chi connectivity index (χ4v) is 3.75. The smallest absolute Gasteiger partial charge is 0.337 e. The molecule has 1 N–H and O–H groups in total. The molecule has 0 unspecified atom stereocenters. The molecular formula is C22H20N2O5S. The number of carbonyl (C=O) groups is 4. The predicted octanol–water partition coefficient (Wildman–Crippen LogP) is 3.77. The molecular weight excluding hydrogens is 404 g/mol. The van der Waals surface area contributed by atoms with Crippen molar-refractivity contribution >= 4 is 46.5 Å². The van der Waals surface area contributed by atoms with Gasteiger partial charge in [-0.05, 0) is 61.0 Å². The first-order valence-electron chi connectivity index (χ1n) is 9.09. The Morgan fingerprint density at radius 3 is 2.43 bits per heavy atom. The van der Waals surface area contributed by atoms with Crippen LogP contribution in [0.25, 0.3) is 6.08 Å². The quantitative estimate of drug-likeness (QED) is 0.580. The lowest BCUT2D eigenvalue weighted by molar-refractivity contribution is -0.127. The summed E-state index contributed by atoms with van der Waals surface area (Å²) in [5.74, 6) is -1.44. The van der Waals surface area contributed by atoms with Crippen molar-refractivity contribution in [1.29, 1.82) is 0 Å². The highest BCUT2D eigenvalue weighted by molar-refractivity contribution is 8.18. The zero-order valence-corrected chi connectivity index (χ0v) is 17.5. The van der Waals surface area contributed by atoms with Crippen LogP contribution in [0, 0.1) is 13.8 Å². The molecule has 0 aliphatic carbocycles. The van der Waals surface area contributed by atoms with Crippen LogP contribution in [0.5, 0.6) is 0 Å². The molecule has 0 atom stereocenters. The molecule has 3 amide bonds. The highest BCUT2D eigenvalue weighted by Crippen LogP contribution is 2.32. The molecule has 3 rings (SSSR count). The lowest BCUT2D eigenvalue weighted by Gasteiger charge is -2.14. The summed E-state index contributed by atoms with van der Waals surface area (Å²) in [6.45, 7) is 3.46. The van der Waals surface area contributed by atoms with E-state index in [1.54, 1.807) is 36.4 Å². The van der Waals surface area contributed by atoms with E-state index in [0.29, 0.717) is 16.8 Å². The van der Waals surface area contributed by atoms with Crippen molar-refractivity contribution in [2.24, 2.45) is 0 Å². The molecule has 1 heterocycles. The van der Waals surface area contributed by atoms with Gasteiger partial charge in [-0.1, -0.05) is 29.8 Å². The second-order valence-electron chi connectivity index (χ2n) is 6.75. The van der Waals surface area contributed by atoms with Crippen molar-refractivity contribution in [2.75, 3.05) is 19.0 Å². The van der Waals surface area contributed by atoms with E-state index in [1.807, 2.05) is 26.0 Å². The second kappa shape index (κ2) is 8.96. The van der Waals surface area contributed by atoms with E-state index in [1.165, 1.54) is 7.11 Å². The monoisotopic (exact) mass is 424 g/mol. The van der Waals surface area contributed by atoms with E-state index in [2.05, 4.69) is 10.1 Å². The van der Waals surface area contributed by atoms with Gasteiger partial charge in [-0.3, -0.25) is 19.3 Å². The van der Waals surface area contributed by atoms with Crippen molar-refractivity contribution in [3.05, 3.63) is 69.6 Å². The van der Waals surface area contributed by atoms with Gasteiger partial charge in [-0.15, -0.1) is 0 Å². The highest BCUT2D eigenvalue weighted by Gasteiger charge is 2.36. The third-order valence-electron chi connectivity index (χ3n) is 4.46. The fraction of sp³-hybridized carbons (Fsp3) is 0.182. The van der Waals surface area contributed by atoms with Gasteiger partial charge in [0.2, 0.25) is 5.91 Å². The van der Waals surface area contributed by atoms with E-state index in [-0.39, 0.29) is 11.4 Å². The lowest BCUT2D eigenvalue weighted by atomic mass is 10.1. The standard InChI is InChI=1S/C22H20N2O5S/c1-13-4-9-17(14(2)10-13)23-19(25)12-24-20(26)18(30-22(24)28)11-15-5-7-16(8-6-15)21(27)29-3/h4-11H,12H2,1-3H3,(H,23,25)/b18-11+. The van der Waals surface area contributed by atoms with E-state index in [4.69, 9.17) is 0 Å². The third kappa shape index (κ3) is 4.77. The van der Waals surface area contributed by atoms with Crippen LogP contribution in [0.4, 0.5) is 10.5 Å². The maximum Gasteiger partial charge on any atom is 0.337 e. The summed E-state index contributed by atoms with van der Waals surface area (Å²) < 4.78 is 4.65. The Kier molecular flexibility index (Phi) is 6.37. The van der Waals surface area contributed by atoms with Crippen LogP contribution >= 0.6 is 11.8 Å². The predicted molar refractivity (Wildman–Crippen MR) is 115 cm³/mol. The Morgan fingerprint density at radius 2 is 1.80 bits per heavy atom. The lowest BCUT2D eigenvalue weighted by Crippen LogP contribution is -2.36. The SMILES string of the molecule is COC(=O)c1ccc(/C=C2/SC(=O)N(CC(=O)Nc3ccc(C)cc3C)C2=O)cc1. The molecule has 1 aliphatic rings. The molecule has 1 fully saturated rings. The van der Waals surface area contributed by atoms with E-state index in [9.17, 15) is 19.2 Å². The third-order valence-corrected chi connectivity index (χ3v) is 5.37. The number of thioether (sulfide) groups is 1. The molecule has 154 valence electrons. The zero-order valence-electron chi connectivity index (χ0n) is 16.7. The molecule has 1 saturated heterocycles. The zero-order chi connectivity index (χ0) is 21.8. The summed E-state index contributed by atoms with van der Waals surface area (Å²) >= 11 is 0.772. The molecule has 2 aromatic rings. The molecule has 7 nitrogen and oxygen atoms in total. The average molecular weight is 424 g/mol. The summed E-state index contributed by atoms with van der Waals surface area (Å²) in [6.07, 6.45) is 1.55. The number of ether oxygens (including phenoxy) is 1. The van der Waals surface area contributed by atoms with Crippen molar-refractivity contribution in [3.63, 3.8) is 0 Å². The van der Waals surface area contributed by atoms with Crippen LogP contribution in [0.2, 0.25) is 0 Å². The van der Waals surface area contributed by atoms with Gasteiger partial charge in [-0.2, -0.15) is 0 Å². The maximum absolute atomic E-state index is 12.6. The number of aryl methyl sites for hydroxylation is 2. The topological polar surface area (TPSA) is 92.8 Å². The van der Waals surface area contributed by atoms with Gasteiger partial charge in [0.05, 0.1) is 17.6 Å². The first-order valence-corrected chi connectivity index (χ1v) is 9.91. The number of esters is 1. The van der Waals surface area contributed by atoms with E-state index < -0.39 is 23.0 Å². The molecule has 0 aromatic heterocycles. The van der Waals surface area contributed by atoms with Gasteiger partial charge in [0.25, 0.3) is 11.1 Å². The van der Waals surface area contributed by atoms with Crippen molar-refractivity contribution in [1.82, 2.24) is 4.90 Å². The number of methoxy groups -OCH3 is 1. The number of hydrogen-bond acceptors (Lipinski definition) is 6. The van der Waals surface area contributed by atoms with Gasteiger partial charge in [-0.25, -0.2) is 4.79 Å². The van der Waals surface area contributed by atoms with Crippen LogP contribution in [0.3, 0.4) is 0 Å². The Hall–Kier alpha value is -3.39. The van der Waals surface area contributed by atoms with Gasteiger partial charge < -0.3 is 10.1 Å². The Balaban J connectivity index is 1.69. The number of benzene rings is 2. The van der Waals surface area contributed by atoms with Gasteiger partial charge in [0.15, 0.2) is 0 Å². The molecule has 8 heteroatoms. The van der Waals surface area contributed by atoms with Crippen LogP contribution in [-0.4, -0.2) is 41.6 Å². The average Bonchev–Trinajstić information content (AvgIpc) is 2.97. The first kappa shape index (κ1) is 21.3. The number of amides is 3. The van der Waals surface area contributed by atoms with Gasteiger partial charge in [0, 0.05) is 5.69 Å². The molecule has 0 spiro atoms. The van der Waals surface area contributed by atoms with E-state index >= 15 is 0 Å². The first-order chi connectivity index (χ1) is 14.3. The van der Waals surface area contributed by atoms with Crippen molar-refractivity contribution in [3.8, 4) is 0 Å². The number of hydrogen-bond donors (Lipinski definition) is 1. The van der Waals surface area contributed by atoms with Crippen LogP contribution < -0.4 is 5.32 Å². The number of imide groups is 1. The van der Waals surface area contributed by atoms with Crippen molar-refractivity contribution in [2.45, 2.75) is 13.8 Å². The minimum atomic E-state index is -0.530. The number of nitrogens with one attached hydrogen (secondary N) is 1. The summed E-state index contributed by atoms with van der Waals surface area (Å²) in [5.41, 5.74) is 3.63. The van der Waals surface area contributed by atoms with Crippen LogP contribution in [0.1, 0.15) is 27.0 Å². The summed E-state index contributed by atoms with van der Waals surface area (Å²) in [5, 5.41) is 2.23. The molecule has 0 radical (unpaired) electrons. The summed E-state index contributed by atoms with van der Waals surface area (Å²) in [7, 11) is 1.29. The van der Waals surface area contributed by atoms with Crippen LogP contribution in [-0.2, 0) is 14.3 Å². The largest absolute Gasteiger partial charge is 0.465 e. The Morgan fingerprint density at radius 1 is 1.10 bits per heavy atom. The van der Waals surface area contributed by atoms with Gasteiger partial charge in [0.1, 0.15) is 6.54 Å². The molecule has 0 saturated carbocycles. The minimum absolute atomic E-state index is 0.213. The Labute approximate surface area is 178 Å². The number of carbonyl (C=O) groups excluding carboxylic acids is 4. The number of nitrogens with zero attached hydrogens (tertiary/aromatic N) is 1. The second-order valence-corrected chi connectivity index (χ2v) is 7.74. The molecule has 0 bridgehead atoms. The van der Waals surface area contributed by atoms with Crippen LogP contribution in [0.15, 0.2) is 47.4 Å². The highest BCUT2D eigenvalue weighted by atomic mass is 32.2. The summed E-state index contributed by atoms with van der Waals surface area (Å²) in [6, 6.07) is 12.0. The molecule has 30 heavy (non-hydrogen) atoms. The van der Waals surface area contributed by atoms with Crippen molar-refractivity contribution < 1.29 is 23.9 Å². The van der Waals surface area contributed by atoms with Gasteiger partial charge >= 0.3 is 5.97 Å².